The number of nitrogens with zero attached hydrogens (tertiary/aromatic N) is 3. The van der Waals surface area contributed by atoms with E-state index in [1.165, 1.54) is 37.9 Å². The van der Waals surface area contributed by atoms with Crippen LogP contribution in [0.5, 0.6) is 0 Å². The van der Waals surface area contributed by atoms with Crippen LogP contribution in [0.3, 0.4) is 0 Å². The molecule has 0 radical (unpaired) electrons. The van der Waals surface area contributed by atoms with Gasteiger partial charge in [-0.3, -0.25) is 0 Å². The van der Waals surface area contributed by atoms with Gasteiger partial charge >= 0.3 is 0 Å². The molecule has 5 heteroatoms. The van der Waals surface area contributed by atoms with Gasteiger partial charge < -0.3 is 15.5 Å². The predicted molar refractivity (Wildman–Crippen MR) is 91.3 cm³/mol. The number of hydrogen-bond acceptors (Lipinski definition) is 4. The summed E-state index contributed by atoms with van der Waals surface area (Å²) < 4.78 is 2.12. The third-order valence-corrected chi connectivity index (χ3v) is 5.53. The lowest BCUT2D eigenvalue weighted by Crippen LogP contribution is -2.53. The number of anilines is 1. The van der Waals surface area contributed by atoms with E-state index < -0.39 is 0 Å². The first-order chi connectivity index (χ1) is 10.6. The first-order valence-corrected chi connectivity index (χ1v) is 8.75. The zero-order valence-corrected chi connectivity index (χ0v) is 14.4. The Bertz CT molecular complexity index is 487. The Hall–Kier alpha value is -1.07. The highest BCUT2D eigenvalue weighted by atomic mass is 15.3. The lowest BCUT2D eigenvalue weighted by molar-refractivity contribution is 0.0972. The molecule has 0 spiro atoms. The summed E-state index contributed by atoms with van der Waals surface area (Å²) in [5.74, 6) is 1.79. The zero-order valence-electron chi connectivity index (χ0n) is 14.4. The van der Waals surface area contributed by atoms with Crippen LogP contribution in [0, 0.1) is 12.8 Å². The third-order valence-electron chi connectivity index (χ3n) is 5.53. The second kappa shape index (κ2) is 6.59. The van der Waals surface area contributed by atoms with Crippen molar-refractivity contribution in [3.63, 3.8) is 0 Å². The van der Waals surface area contributed by atoms with E-state index in [0.29, 0.717) is 11.5 Å². The molecule has 2 heterocycles. The van der Waals surface area contributed by atoms with Gasteiger partial charge in [-0.15, -0.1) is 0 Å². The molecule has 1 fully saturated rings. The smallest absolute Gasteiger partial charge is 0.124 e. The van der Waals surface area contributed by atoms with Crippen LogP contribution in [0.1, 0.15) is 37.8 Å². The van der Waals surface area contributed by atoms with Crippen LogP contribution in [0.2, 0.25) is 0 Å². The van der Waals surface area contributed by atoms with E-state index in [1.54, 1.807) is 0 Å². The van der Waals surface area contributed by atoms with E-state index in [0.717, 1.165) is 31.9 Å². The van der Waals surface area contributed by atoms with Crippen molar-refractivity contribution in [1.82, 2.24) is 20.0 Å². The van der Waals surface area contributed by atoms with Crippen LogP contribution in [-0.4, -0.2) is 53.9 Å². The largest absolute Gasteiger partial charge is 0.370 e. The van der Waals surface area contributed by atoms with Crippen LogP contribution in [0.25, 0.3) is 0 Å². The molecule has 0 amide bonds. The molecule has 1 unspecified atom stereocenters. The van der Waals surface area contributed by atoms with Gasteiger partial charge in [0, 0.05) is 43.7 Å². The van der Waals surface area contributed by atoms with Gasteiger partial charge in [-0.05, 0) is 33.9 Å². The lowest BCUT2D eigenvalue weighted by Gasteiger charge is -2.43. The van der Waals surface area contributed by atoms with Crippen molar-refractivity contribution >= 4 is 5.82 Å². The van der Waals surface area contributed by atoms with Gasteiger partial charge in [-0.1, -0.05) is 19.3 Å². The van der Waals surface area contributed by atoms with Gasteiger partial charge in [-0.25, -0.2) is 4.68 Å². The Morgan fingerprint density at radius 3 is 2.86 bits per heavy atom. The molecular weight excluding hydrogens is 274 g/mol. The van der Waals surface area contributed by atoms with Gasteiger partial charge in [0.05, 0.1) is 5.69 Å². The van der Waals surface area contributed by atoms with Crippen molar-refractivity contribution < 1.29 is 0 Å². The van der Waals surface area contributed by atoms with Crippen molar-refractivity contribution in [1.29, 1.82) is 0 Å². The summed E-state index contributed by atoms with van der Waals surface area (Å²) in [7, 11) is 4.49. The molecule has 22 heavy (non-hydrogen) atoms. The van der Waals surface area contributed by atoms with Crippen LogP contribution in [0.15, 0.2) is 6.07 Å². The van der Waals surface area contributed by atoms with Crippen molar-refractivity contribution in [3.05, 3.63) is 11.8 Å². The minimum absolute atomic E-state index is 0.369. The quantitative estimate of drug-likeness (QED) is 0.874. The normalized spacial score (nSPS) is 24.1. The molecule has 1 aliphatic heterocycles. The minimum Gasteiger partial charge on any atom is -0.370 e. The van der Waals surface area contributed by atoms with Gasteiger partial charge in [0.15, 0.2) is 0 Å². The van der Waals surface area contributed by atoms with E-state index in [1.807, 2.05) is 0 Å². The summed E-state index contributed by atoms with van der Waals surface area (Å²) in [6.45, 7) is 6.32. The van der Waals surface area contributed by atoms with E-state index in [9.17, 15) is 0 Å². The average molecular weight is 305 g/mol. The van der Waals surface area contributed by atoms with Crippen molar-refractivity contribution in [2.45, 2.75) is 51.1 Å². The van der Waals surface area contributed by atoms with Crippen molar-refractivity contribution in [3.8, 4) is 0 Å². The van der Waals surface area contributed by atoms with E-state index in [2.05, 4.69) is 52.4 Å². The summed E-state index contributed by atoms with van der Waals surface area (Å²) >= 11 is 0. The summed E-state index contributed by atoms with van der Waals surface area (Å²) in [5.41, 5.74) is 1.47. The minimum atomic E-state index is 0.369. The highest BCUT2D eigenvalue weighted by Crippen LogP contribution is 2.31. The maximum atomic E-state index is 4.56. The Kier molecular flexibility index (Phi) is 4.73. The monoisotopic (exact) mass is 305 g/mol. The number of rotatable bonds is 5. The summed E-state index contributed by atoms with van der Waals surface area (Å²) in [6.07, 6.45) is 6.82. The fourth-order valence-electron chi connectivity index (χ4n) is 4.02. The lowest BCUT2D eigenvalue weighted by atomic mass is 9.80. The van der Waals surface area contributed by atoms with E-state index in [-0.39, 0.29) is 0 Å². The van der Waals surface area contributed by atoms with Crippen LogP contribution in [-0.2, 0) is 6.54 Å². The molecule has 3 rings (SSSR count). The van der Waals surface area contributed by atoms with Crippen LogP contribution in [0.4, 0.5) is 5.82 Å². The fourth-order valence-corrected chi connectivity index (χ4v) is 4.02. The number of aromatic nitrogens is 2. The molecule has 124 valence electrons. The van der Waals surface area contributed by atoms with Gasteiger partial charge in [-0.2, -0.15) is 5.10 Å². The first kappa shape index (κ1) is 15.8. The fraction of sp³-hybridized carbons (Fsp3) is 0.824. The number of likely N-dealkylation sites (N-methyl/N-ethyl adjacent to an activating group) is 1. The molecule has 1 aromatic rings. The highest BCUT2D eigenvalue weighted by Gasteiger charge is 2.34. The van der Waals surface area contributed by atoms with Crippen molar-refractivity contribution in [2.75, 3.05) is 39.0 Å². The van der Waals surface area contributed by atoms with Crippen LogP contribution < -0.4 is 10.6 Å². The van der Waals surface area contributed by atoms with Crippen molar-refractivity contribution in [2.24, 2.45) is 5.92 Å². The number of nitrogens with one attached hydrogen (secondary N) is 2. The maximum Gasteiger partial charge on any atom is 0.124 e. The van der Waals surface area contributed by atoms with Gasteiger partial charge in [0.25, 0.3) is 0 Å². The summed E-state index contributed by atoms with van der Waals surface area (Å²) in [4.78, 5) is 2.45. The molecule has 1 atom stereocenters. The topological polar surface area (TPSA) is 45.1 Å². The predicted octanol–water partition coefficient (Wildman–Crippen LogP) is 2.09. The van der Waals surface area contributed by atoms with Gasteiger partial charge in [0.1, 0.15) is 5.82 Å². The zero-order chi connectivity index (χ0) is 15.6. The van der Waals surface area contributed by atoms with Gasteiger partial charge in [0.2, 0.25) is 0 Å². The number of aryl methyl sites for hydroxylation is 1. The molecule has 5 nitrogen and oxygen atoms in total. The Balaban J connectivity index is 1.50. The number of hydrogen-bond donors (Lipinski definition) is 2. The second-order valence-corrected chi connectivity index (χ2v) is 7.41. The van der Waals surface area contributed by atoms with E-state index >= 15 is 0 Å². The second-order valence-electron chi connectivity index (χ2n) is 7.41. The average Bonchev–Trinajstić information content (AvgIpc) is 2.87. The molecule has 2 N–H and O–H groups in total. The summed E-state index contributed by atoms with van der Waals surface area (Å²) in [6, 6.07) is 2.13. The third kappa shape index (κ3) is 3.30. The maximum absolute atomic E-state index is 4.56. The first-order valence-electron chi connectivity index (χ1n) is 8.75. The molecule has 0 bridgehead atoms. The SMILES string of the molecule is Cc1cc2n(n1)CC(CNCC1(N(C)C)CCCCC1)CN2. The molecule has 1 aromatic heterocycles. The van der Waals surface area contributed by atoms with Crippen LogP contribution >= 0.6 is 0 Å². The number of fused-ring (bicyclic) bond motifs is 1. The molecule has 0 aromatic carbocycles. The Morgan fingerprint density at radius 1 is 1.36 bits per heavy atom. The molecule has 1 saturated carbocycles. The Labute approximate surface area is 134 Å². The summed E-state index contributed by atoms with van der Waals surface area (Å²) in [5, 5.41) is 11.8. The molecule has 0 saturated heterocycles. The van der Waals surface area contributed by atoms with E-state index in [4.69, 9.17) is 0 Å². The molecular formula is C17H31N5. The Morgan fingerprint density at radius 2 is 2.14 bits per heavy atom. The highest BCUT2D eigenvalue weighted by molar-refractivity contribution is 5.38. The molecule has 1 aliphatic carbocycles. The standard InChI is InChI=1S/C17H31N5/c1-14-9-16-19-11-15(12-22(16)20-14)10-18-13-17(21(2)3)7-5-4-6-8-17/h9,15,18-19H,4-8,10-13H2,1-3H3. The molecule has 2 aliphatic rings.